The third-order valence-electron chi connectivity index (χ3n) is 2.72. The van der Waals surface area contributed by atoms with E-state index in [1.165, 1.54) is 12.1 Å². The summed E-state index contributed by atoms with van der Waals surface area (Å²) in [5.74, 6) is -0.205. The lowest BCUT2D eigenvalue weighted by molar-refractivity contribution is -0.123. The molecule has 6 heteroatoms. The molecule has 0 heterocycles. The number of benzene rings is 1. The molecule has 1 amide bonds. The Morgan fingerprint density at radius 1 is 1.47 bits per heavy atom. The van der Waals surface area contributed by atoms with E-state index in [4.69, 9.17) is 5.73 Å². The van der Waals surface area contributed by atoms with Crippen LogP contribution in [0, 0.1) is 0 Å². The number of alkyl halides is 2. The number of rotatable bonds is 6. The molecule has 0 fully saturated rings. The SMILES string of the molecule is CCC(N)C(=O)NC(C)c1cccc(OC(F)F)c1. The van der Waals surface area contributed by atoms with Crippen LogP contribution < -0.4 is 15.8 Å². The van der Waals surface area contributed by atoms with E-state index in [1.54, 1.807) is 19.1 Å². The topological polar surface area (TPSA) is 64.4 Å². The Balaban J connectivity index is 2.71. The van der Waals surface area contributed by atoms with Crippen LogP contribution in [0.1, 0.15) is 31.9 Å². The summed E-state index contributed by atoms with van der Waals surface area (Å²) in [5.41, 5.74) is 6.28. The lowest BCUT2D eigenvalue weighted by atomic mass is 10.1. The number of amides is 1. The van der Waals surface area contributed by atoms with E-state index in [1.807, 2.05) is 6.92 Å². The van der Waals surface area contributed by atoms with Gasteiger partial charge in [-0.05, 0) is 31.0 Å². The smallest absolute Gasteiger partial charge is 0.387 e. The van der Waals surface area contributed by atoms with Crippen molar-refractivity contribution in [3.63, 3.8) is 0 Å². The molecule has 0 radical (unpaired) electrons. The zero-order chi connectivity index (χ0) is 14.4. The third-order valence-corrected chi connectivity index (χ3v) is 2.72. The van der Waals surface area contributed by atoms with Crippen LogP contribution >= 0.6 is 0 Å². The summed E-state index contributed by atoms with van der Waals surface area (Å²) in [5, 5.41) is 2.72. The lowest BCUT2D eigenvalue weighted by Crippen LogP contribution is -2.41. The average molecular weight is 272 g/mol. The second-order valence-electron chi connectivity index (χ2n) is 4.20. The van der Waals surface area contributed by atoms with Gasteiger partial charge in [-0.2, -0.15) is 8.78 Å². The van der Waals surface area contributed by atoms with E-state index in [-0.39, 0.29) is 17.7 Å². The Bertz CT molecular complexity index is 427. The molecule has 0 aliphatic carbocycles. The van der Waals surface area contributed by atoms with Gasteiger partial charge in [0.05, 0.1) is 12.1 Å². The summed E-state index contributed by atoms with van der Waals surface area (Å²) in [6.45, 7) is 0.696. The van der Waals surface area contributed by atoms with Crippen LogP contribution in [0.5, 0.6) is 5.75 Å². The number of halogens is 2. The minimum Gasteiger partial charge on any atom is -0.435 e. The lowest BCUT2D eigenvalue weighted by Gasteiger charge is -2.17. The van der Waals surface area contributed by atoms with Crippen LogP contribution in [-0.2, 0) is 4.79 Å². The van der Waals surface area contributed by atoms with Crippen molar-refractivity contribution >= 4 is 5.91 Å². The first-order chi connectivity index (χ1) is 8.93. The largest absolute Gasteiger partial charge is 0.435 e. The Labute approximate surface area is 110 Å². The molecule has 0 aliphatic heterocycles. The van der Waals surface area contributed by atoms with Crippen LogP contribution in [0.2, 0.25) is 0 Å². The standard InChI is InChI=1S/C13H18F2N2O2/c1-3-11(16)12(18)17-8(2)9-5-4-6-10(7-9)19-13(14)15/h4-8,11,13H,3,16H2,1-2H3,(H,17,18). The van der Waals surface area contributed by atoms with E-state index in [9.17, 15) is 13.6 Å². The first-order valence-corrected chi connectivity index (χ1v) is 6.04. The van der Waals surface area contributed by atoms with Gasteiger partial charge in [-0.1, -0.05) is 19.1 Å². The number of carbonyl (C=O) groups is 1. The number of hydrogen-bond acceptors (Lipinski definition) is 3. The molecule has 2 atom stereocenters. The van der Waals surface area contributed by atoms with E-state index in [0.717, 1.165) is 0 Å². The molecular formula is C13H18F2N2O2. The van der Waals surface area contributed by atoms with E-state index in [2.05, 4.69) is 10.1 Å². The predicted octanol–water partition coefficient (Wildman–Crippen LogP) is 2.20. The molecule has 0 saturated heterocycles. The van der Waals surface area contributed by atoms with Gasteiger partial charge in [-0.3, -0.25) is 4.79 Å². The summed E-state index contributed by atoms with van der Waals surface area (Å²) in [6, 6.07) is 5.32. The molecule has 0 bridgehead atoms. The van der Waals surface area contributed by atoms with Crippen molar-refractivity contribution in [2.24, 2.45) is 5.73 Å². The molecule has 4 nitrogen and oxygen atoms in total. The van der Waals surface area contributed by atoms with Gasteiger partial charge in [0.15, 0.2) is 0 Å². The van der Waals surface area contributed by atoms with Gasteiger partial charge < -0.3 is 15.8 Å². The second-order valence-corrected chi connectivity index (χ2v) is 4.20. The molecule has 1 aromatic carbocycles. The van der Waals surface area contributed by atoms with E-state index >= 15 is 0 Å². The van der Waals surface area contributed by atoms with Crippen molar-refractivity contribution in [1.82, 2.24) is 5.32 Å². The summed E-state index contributed by atoms with van der Waals surface area (Å²) < 4.78 is 28.5. The molecule has 106 valence electrons. The number of hydrogen-bond donors (Lipinski definition) is 2. The summed E-state index contributed by atoms with van der Waals surface area (Å²) in [4.78, 5) is 11.6. The molecule has 0 spiro atoms. The Hall–Kier alpha value is -1.69. The summed E-state index contributed by atoms with van der Waals surface area (Å²) >= 11 is 0. The first kappa shape index (κ1) is 15.4. The molecule has 1 aromatic rings. The number of carbonyl (C=O) groups excluding carboxylic acids is 1. The van der Waals surface area contributed by atoms with Gasteiger partial charge in [0.2, 0.25) is 5.91 Å². The Morgan fingerprint density at radius 2 is 2.16 bits per heavy atom. The zero-order valence-corrected chi connectivity index (χ0v) is 10.9. The number of nitrogens with two attached hydrogens (primary N) is 1. The van der Waals surface area contributed by atoms with Gasteiger partial charge in [0, 0.05) is 0 Å². The first-order valence-electron chi connectivity index (χ1n) is 6.04. The fourth-order valence-corrected chi connectivity index (χ4v) is 1.55. The Morgan fingerprint density at radius 3 is 2.74 bits per heavy atom. The van der Waals surface area contributed by atoms with Crippen LogP contribution in [-0.4, -0.2) is 18.6 Å². The van der Waals surface area contributed by atoms with Crippen LogP contribution in [0.4, 0.5) is 8.78 Å². The normalized spacial score (nSPS) is 14.0. The molecule has 3 N–H and O–H groups in total. The maximum absolute atomic E-state index is 12.1. The highest BCUT2D eigenvalue weighted by atomic mass is 19.3. The average Bonchev–Trinajstić information content (AvgIpc) is 2.37. The van der Waals surface area contributed by atoms with Crippen molar-refractivity contribution in [1.29, 1.82) is 0 Å². The van der Waals surface area contributed by atoms with Crippen molar-refractivity contribution in [3.8, 4) is 5.75 Å². The fourth-order valence-electron chi connectivity index (χ4n) is 1.55. The van der Waals surface area contributed by atoms with Crippen LogP contribution in [0.25, 0.3) is 0 Å². The van der Waals surface area contributed by atoms with E-state index in [0.29, 0.717) is 12.0 Å². The monoisotopic (exact) mass is 272 g/mol. The van der Waals surface area contributed by atoms with Gasteiger partial charge in [-0.15, -0.1) is 0 Å². The maximum atomic E-state index is 12.1. The molecule has 0 aromatic heterocycles. The minimum absolute atomic E-state index is 0.0633. The highest BCUT2D eigenvalue weighted by Gasteiger charge is 2.15. The maximum Gasteiger partial charge on any atom is 0.387 e. The third kappa shape index (κ3) is 4.82. The molecule has 0 saturated carbocycles. The van der Waals surface area contributed by atoms with Gasteiger partial charge >= 0.3 is 6.61 Å². The van der Waals surface area contributed by atoms with Crippen molar-refractivity contribution in [3.05, 3.63) is 29.8 Å². The molecular weight excluding hydrogens is 254 g/mol. The Kier molecular flexibility index (Phi) is 5.69. The van der Waals surface area contributed by atoms with Gasteiger partial charge in [0.1, 0.15) is 5.75 Å². The molecule has 1 rings (SSSR count). The quantitative estimate of drug-likeness (QED) is 0.834. The van der Waals surface area contributed by atoms with Crippen molar-refractivity contribution < 1.29 is 18.3 Å². The van der Waals surface area contributed by atoms with Crippen LogP contribution in [0.15, 0.2) is 24.3 Å². The van der Waals surface area contributed by atoms with Crippen molar-refractivity contribution in [2.45, 2.75) is 39.0 Å². The highest BCUT2D eigenvalue weighted by molar-refractivity contribution is 5.81. The summed E-state index contributed by atoms with van der Waals surface area (Å²) in [6.07, 6.45) is 0.535. The van der Waals surface area contributed by atoms with Crippen LogP contribution in [0.3, 0.4) is 0 Å². The molecule has 2 unspecified atom stereocenters. The predicted molar refractivity (Wildman–Crippen MR) is 67.9 cm³/mol. The zero-order valence-electron chi connectivity index (χ0n) is 10.9. The van der Waals surface area contributed by atoms with E-state index < -0.39 is 12.7 Å². The van der Waals surface area contributed by atoms with Gasteiger partial charge in [0.25, 0.3) is 0 Å². The van der Waals surface area contributed by atoms with Crippen molar-refractivity contribution in [2.75, 3.05) is 0 Å². The fraction of sp³-hybridized carbons (Fsp3) is 0.462. The minimum atomic E-state index is -2.87. The van der Waals surface area contributed by atoms with Gasteiger partial charge in [-0.25, -0.2) is 0 Å². The number of nitrogens with one attached hydrogen (secondary N) is 1. The summed E-state index contributed by atoms with van der Waals surface area (Å²) in [7, 11) is 0. The molecule has 0 aliphatic rings. The molecule has 19 heavy (non-hydrogen) atoms. The highest BCUT2D eigenvalue weighted by Crippen LogP contribution is 2.20. The second kappa shape index (κ2) is 7.04. The number of ether oxygens (including phenoxy) is 1.